The molecule has 1 aromatic heterocycles. The lowest BCUT2D eigenvalue weighted by atomic mass is 9.97. The van der Waals surface area contributed by atoms with E-state index < -0.39 is 0 Å². The van der Waals surface area contributed by atoms with E-state index >= 15 is 0 Å². The van der Waals surface area contributed by atoms with Gasteiger partial charge in [-0.05, 0) is 103 Å². The smallest absolute Gasteiger partial charge is 0.316 e. The molecule has 4 nitrogen and oxygen atoms in total. The van der Waals surface area contributed by atoms with E-state index in [0.29, 0.717) is 11.4 Å². The minimum absolute atomic E-state index is 0.0741. The van der Waals surface area contributed by atoms with E-state index in [1.54, 1.807) is 13.8 Å². The number of aryl methyl sites for hydroxylation is 8. The summed E-state index contributed by atoms with van der Waals surface area (Å²) in [5.74, 6) is -0.0741. The fourth-order valence-electron chi connectivity index (χ4n) is 3.92. The number of carbonyl (C=O) groups is 1. The summed E-state index contributed by atoms with van der Waals surface area (Å²) in [4.78, 5) is 16.4. The van der Waals surface area contributed by atoms with E-state index in [1.165, 1.54) is 60.1 Å². The number of Topliss-reactive ketones (excluding diaryl/α,β-unsaturated/α-hetero) is 1. The average Bonchev–Trinajstić information content (AvgIpc) is 3.11. The van der Waals surface area contributed by atoms with E-state index in [1.807, 2.05) is 11.3 Å². The number of benzene rings is 2. The zero-order valence-electron chi connectivity index (χ0n) is 25.3. The molecule has 3 aromatic rings. The number of aliphatic hydroxyl groups is 1. The normalized spacial score (nSPS) is 10.7. The number of nitrogens with two attached hydrogens (primary N) is 1. The van der Waals surface area contributed by atoms with Crippen LogP contribution in [-0.2, 0) is 17.6 Å². The van der Waals surface area contributed by atoms with Crippen molar-refractivity contribution in [2.75, 3.05) is 6.61 Å². The molecule has 0 amide bonds. The zero-order chi connectivity index (χ0) is 30.4. The number of aliphatic hydroxyl groups excluding tert-OH is 1. The van der Waals surface area contributed by atoms with E-state index in [0.717, 1.165) is 6.42 Å². The van der Waals surface area contributed by atoms with Crippen LogP contribution in [0.5, 0.6) is 0 Å². The molecule has 2 aromatic carbocycles. The molecule has 39 heavy (non-hydrogen) atoms. The van der Waals surface area contributed by atoms with Crippen LogP contribution in [-0.4, -0.2) is 32.3 Å². The number of carbonyl (C=O) groups excluding carboxylic acids is 1. The number of rotatable bonds is 5. The molecular formula is C32H46BrN2O2S2+. The maximum atomic E-state index is 9.99. The first-order valence-electron chi connectivity index (χ1n) is 13.0. The molecule has 0 radical (unpaired) electrons. The quantitative estimate of drug-likeness (QED) is 0.170. The summed E-state index contributed by atoms with van der Waals surface area (Å²) in [5.41, 5.74) is 17.4. The highest BCUT2D eigenvalue weighted by Crippen LogP contribution is 2.24. The number of thiazole rings is 1. The summed E-state index contributed by atoms with van der Waals surface area (Å²) in [6, 6.07) is 8.85. The monoisotopic (exact) mass is 633 g/mol. The SMILES string of the molecule is CCO.Cc1cc(C)c(CC(N)=S)c(C)c1.Cc1cc(C)c(Cc2nc(C)c(C)s2)c(C)c1.[CH2+]C(=O)C(C)Br. The Hall–Kier alpha value is -2.06. The van der Waals surface area contributed by atoms with Gasteiger partial charge in [0.25, 0.3) is 0 Å². The zero-order valence-corrected chi connectivity index (χ0v) is 28.5. The van der Waals surface area contributed by atoms with Gasteiger partial charge >= 0.3 is 5.78 Å². The van der Waals surface area contributed by atoms with E-state index in [4.69, 9.17) is 23.1 Å². The lowest BCUT2D eigenvalue weighted by molar-refractivity contribution is -0.114. The van der Waals surface area contributed by atoms with Crippen LogP contribution in [0.4, 0.5) is 0 Å². The van der Waals surface area contributed by atoms with Crippen molar-refractivity contribution in [1.82, 2.24) is 4.98 Å². The number of nitrogens with zero attached hydrogens (tertiary/aromatic N) is 1. The number of halogens is 1. The second kappa shape index (κ2) is 18.3. The van der Waals surface area contributed by atoms with E-state index in [-0.39, 0.29) is 17.2 Å². The number of thiocarbonyl (C=S) groups is 1. The number of aromatic nitrogens is 1. The molecule has 7 heteroatoms. The van der Waals surface area contributed by atoms with Crippen molar-refractivity contribution in [3.63, 3.8) is 0 Å². The predicted octanol–water partition coefficient (Wildman–Crippen LogP) is 7.89. The molecule has 0 bridgehead atoms. The van der Waals surface area contributed by atoms with Crippen molar-refractivity contribution in [2.24, 2.45) is 5.73 Å². The van der Waals surface area contributed by atoms with E-state index in [2.05, 4.69) is 107 Å². The van der Waals surface area contributed by atoms with Crippen LogP contribution in [0.25, 0.3) is 0 Å². The molecule has 1 unspecified atom stereocenters. The first-order valence-corrected chi connectivity index (χ1v) is 15.1. The van der Waals surface area contributed by atoms with Gasteiger partial charge in [0.2, 0.25) is 0 Å². The standard InChI is InChI=1S/C15H19NS.C11H15NS.C4H6BrO.C2H6O/c1-9-6-10(2)14(11(3)7-9)8-15-16-12(4)13(5)17-15;1-7-4-8(2)10(6-11(12)13)9(3)5-7;1-3(5)4(2)6;1-2-3/h6-7H,8H2,1-5H3;4-5H,6H2,1-3H3,(H2,12,13);3H,2H2,1H3;3H,2H2,1H3/q;;+1;. The molecule has 0 aliphatic heterocycles. The maximum Gasteiger partial charge on any atom is 0.316 e. The Morgan fingerprint density at radius 1 is 0.974 bits per heavy atom. The fraction of sp³-hybridized carbons (Fsp3) is 0.438. The van der Waals surface area contributed by atoms with Crippen molar-refractivity contribution in [3.8, 4) is 0 Å². The second-order valence-corrected chi connectivity index (χ2v) is 12.9. The summed E-state index contributed by atoms with van der Waals surface area (Å²) in [6.45, 7) is 23.9. The Morgan fingerprint density at radius 2 is 1.33 bits per heavy atom. The van der Waals surface area contributed by atoms with Gasteiger partial charge in [0.1, 0.15) is 11.8 Å². The molecule has 0 aliphatic carbocycles. The highest BCUT2D eigenvalue weighted by Gasteiger charge is 2.09. The van der Waals surface area contributed by atoms with Crippen LogP contribution >= 0.6 is 39.5 Å². The first kappa shape index (κ1) is 36.9. The molecule has 214 valence electrons. The van der Waals surface area contributed by atoms with Gasteiger partial charge in [-0.1, -0.05) is 63.5 Å². The summed E-state index contributed by atoms with van der Waals surface area (Å²) < 4.78 is 0. The van der Waals surface area contributed by atoms with Crippen LogP contribution in [0.2, 0.25) is 0 Å². The molecule has 1 heterocycles. The first-order chi connectivity index (χ1) is 18.0. The molecule has 0 spiro atoms. The Balaban J connectivity index is 0.000000580. The Kier molecular flexibility index (Phi) is 17.4. The number of hydrogen-bond donors (Lipinski definition) is 2. The van der Waals surface area contributed by atoms with E-state index in [9.17, 15) is 4.79 Å². The van der Waals surface area contributed by atoms with Crippen molar-refractivity contribution in [3.05, 3.63) is 91.3 Å². The minimum Gasteiger partial charge on any atom is -0.397 e. The maximum absolute atomic E-state index is 9.99. The number of ketones is 1. The topological polar surface area (TPSA) is 76.2 Å². The number of hydrogen-bond acceptors (Lipinski definition) is 5. The molecule has 3 rings (SSSR count). The van der Waals surface area contributed by atoms with Crippen molar-refractivity contribution in [1.29, 1.82) is 0 Å². The van der Waals surface area contributed by atoms with Crippen LogP contribution < -0.4 is 5.73 Å². The predicted molar refractivity (Wildman–Crippen MR) is 178 cm³/mol. The molecule has 0 saturated carbocycles. The molecule has 0 aliphatic rings. The Morgan fingerprint density at radius 3 is 1.62 bits per heavy atom. The van der Waals surface area contributed by atoms with Crippen LogP contribution in [0.15, 0.2) is 24.3 Å². The van der Waals surface area contributed by atoms with Crippen LogP contribution in [0, 0.1) is 62.3 Å². The summed E-state index contributed by atoms with van der Waals surface area (Å²) >= 11 is 9.75. The highest BCUT2D eigenvalue weighted by molar-refractivity contribution is 9.10. The molecule has 3 N–H and O–H groups in total. The third kappa shape index (κ3) is 14.2. The van der Waals surface area contributed by atoms with Gasteiger partial charge in [-0.15, -0.1) is 11.3 Å². The lowest BCUT2D eigenvalue weighted by Crippen LogP contribution is -2.13. The van der Waals surface area contributed by atoms with Gasteiger partial charge in [0, 0.05) is 24.3 Å². The van der Waals surface area contributed by atoms with Gasteiger partial charge in [-0.25, -0.2) is 9.78 Å². The van der Waals surface area contributed by atoms with Crippen LogP contribution in [0.3, 0.4) is 0 Å². The van der Waals surface area contributed by atoms with Crippen molar-refractivity contribution in [2.45, 2.75) is 86.9 Å². The number of alkyl halides is 1. The Bertz CT molecular complexity index is 1170. The van der Waals surface area contributed by atoms with Gasteiger partial charge in [-0.3, -0.25) is 0 Å². The van der Waals surface area contributed by atoms with Crippen molar-refractivity contribution < 1.29 is 9.90 Å². The third-order valence-corrected chi connectivity index (χ3v) is 7.60. The molecule has 0 fully saturated rings. The van der Waals surface area contributed by atoms with Crippen molar-refractivity contribution >= 4 is 50.3 Å². The fourth-order valence-corrected chi connectivity index (χ4v) is 5.01. The van der Waals surface area contributed by atoms with Gasteiger partial charge < -0.3 is 10.8 Å². The largest absolute Gasteiger partial charge is 0.397 e. The highest BCUT2D eigenvalue weighted by atomic mass is 79.9. The summed E-state index contributed by atoms with van der Waals surface area (Å²) in [5, 5.41) is 8.80. The van der Waals surface area contributed by atoms with Gasteiger partial charge in [-0.2, -0.15) is 0 Å². The second-order valence-electron chi connectivity index (χ2n) is 9.72. The van der Waals surface area contributed by atoms with Gasteiger partial charge in [0.15, 0.2) is 0 Å². The van der Waals surface area contributed by atoms with Crippen LogP contribution in [0.1, 0.15) is 73.9 Å². The average molecular weight is 635 g/mol. The Labute approximate surface area is 254 Å². The third-order valence-electron chi connectivity index (χ3n) is 5.88. The summed E-state index contributed by atoms with van der Waals surface area (Å²) in [7, 11) is 0. The minimum atomic E-state index is -0.0856. The molecule has 0 saturated heterocycles. The van der Waals surface area contributed by atoms with Gasteiger partial charge in [0.05, 0.1) is 15.7 Å². The molecule has 1 atom stereocenters. The molecular weight excluding hydrogens is 588 g/mol. The summed E-state index contributed by atoms with van der Waals surface area (Å²) in [6.07, 6.45) is 1.69. The lowest BCUT2D eigenvalue weighted by Gasteiger charge is -2.09.